The topological polar surface area (TPSA) is 54.9 Å². The minimum atomic E-state index is -0.367. The van der Waals surface area contributed by atoms with Crippen molar-refractivity contribution in [1.82, 2.24) is 10.2 Å². The van der Waals surface area contributed by atoms with Gasteiger partial charge >= 0.3 is 0 Å². The molecule has 2 aromatic rings. The molecule has 0 bridgehead atoms. The maximum Gasteiger partial charge on any atom is 0.250 e. The lowest BCUT2D eigenvalue weighted by Gasteiger charge is -1.96. The molecule has 0 saturated heterocycles. The Morgan fingerprint density at radius 1 is 1.45 bits per heavy atom. The normalized spacial score (nSPS) is 10.9. The van der Waals surface area contributed by atoms with Gasteiger partial charge in [-0.25, -0.2) is 4.39 Å². The third-order valence-electron chi connectivity index (χ3n) is 2.22. The molecule has 4 nitrogen and oxygen atoms in total. The number of carbonyl (C=O) groups is 1. The fourth-order valence-corrected chi connectivity index (χ4v) is 3.02. The monoisotopic (exact) mass is 309 g/mol. The molecule has 1 N–H and O–H groups in total. The summed E-state index contributed by atoms with van der Waals surface area (Å²) in [5.74, 6) is 0.169. The zero-order valence-electron chi connectivity index (χ0n) is 10.7. The van der Waals surface area contributed by atoms with Crippen molar-refractivity contribution < 1.29 is 9.18 Å². The number of rotatable bonds is 5. The number of carbonyl (C=O) groups excluding carboxylic acids is 1. The summed E-state index contributed by atoms with van der Waals surface area (Å²) in [6.45, 7) is 2.02. The molecule has 0 radical (unpaired) electrons. The van der Waals surface area contributed by atoms with E-state index in [0.717, 1.165) is 10.1 Å². The van der Waals surface area contributed by atoms with Crippen LogP contribution in [0.2, 0.25) is 0 Å². The third kappa shape index (κ3) is 4.14. The summed E-state index contributed by atoms with van der Waals surface area (Å²) in [6, 6.07) is 6.25. The van der Waals surface area contributed by atoms with Crippen LogP contribution in [0.25, 0.3) is 6.08 Å². The number of aromatic nitrogens is 2. The van der Waals surface area contributed by atoms with Gasteiger partial charge in [0, 0.05) is 11.6 Å². The third-order valence-corrected chi connectivity index (χ3v) is 4.08. The van der Waals surface area contributed by atoms with Crippen molar-refractivity contribution in [3.63, 3.8) is 0 Å². The van der Waals surface area contributed by atoms with Crippen LogP contribution in [0.15, 0.2) is 34.7 Å². The van der Waals surface area contributed by atoms with Crippen molar-refractivity contribution in [3.8, 4) is 0 Å². The largest absolute Gasteiger partial charge is 0.297 e. The van der Waals surface area contributed by atoms with Crippen LogP contribution in [0, 0.1) is 5.82 Å². The van der Waals surface area contributed by atoms with Gasteiger partial charge in [0.15, 0.2) is 4.34 Å². The summed E-state index contributed by atoms with van der Waals surface area (Å²) >= 11 is 2.87. The van der Waals surface area contributed by atoms with E-state index in [1.54, 1.807) is 30.0 Å². The van der Waals surface area contributed by atoms with Gasteiger partial charge < -0.3 is 0 Å². The molecule has 0 fully saturated rings. The van der Waals surface area contributed by atoms with E-state index < -0.39 is 0 Å². The minimum Gasteiger partial charge on any atom is -0.297 e. The molecule has 2 rings (SSSR count). The van der Waals surface area contributed by atoms with Gasteiger partial charge in [0.05, 0.1) is 0 Å². The predicted octanol–water partition coefficient (Wildman–Crippen LogP) is 3.44. The Morgan fingerprint density at radius 3 is 3.00 bits per heavy atom. The highest BCUT2D eigenvalue weighted by atomic mass is 32.2. The maximum atomic E-state index is 13.3. The van der Waals surface area contributed by atoms with Crippen molar-refractivity contribution >= 4 is 40.2 Å². The number of amides is 1. The lowest BCUT2D eigenvalue weighted by Crippen LogP contribution is -2.07. The Hall–Kier alpha value is -1.73. The van der Waals surface area contributed by atoms with Crippen molar-refractivity contribution in [1.29, 1.82) is 0 Å². The van der Waals surface area contributed by atoms with Crippen LogP contribution in [0.5, 0.6) is 0 Å². The molecule has 0 spiro atoms. The average Bonchev–Trinajstić information content (AvgIpc) is 2.85. The van der Waals surface area contributed by atoms with Crippen LogP contribution in [-0.4, -0.2) is 21.9 Å². The molecule has 0 aliphatic carbocycles. The van der Waals surface area contributed by atoms with Gasteiger partial charge in [-0.15, -0.1) is 10.2 Å². The molecule has 0 atom stereocenters. The summed E-state index contributed by atoms with van der Waals surface area (Å²) in [5, 5.41) is 10.8. The van der Waals surface area contributed by atoms with Gasteiger partial charge in [-0.2, -0.15) is 0 Å². The molecule has 104 valence electrons. The van der Waals surface area contributed by atoms with Gasteiger partial charge in [0.1, 0.15) is 5.82 Å². The minimum absolute atomic E-state index is 0.363. The molecule has 0 aliphatic heterocycles. The first kappa shape index (κ1) is 14.7. The van der Waals surface area contributed by atoms with E-state index in [4.69, 9.17) is 0 Å². The fraction of sp³-hybridized carbons (Fsp3) is 0.154. The second-order valence-corrected chi connectivity index (χ2v) is 6.14. The van der Waals surface area contributed by atoms with Crippen molar-refractivity contribution in [2.24, 2.45) is 0 Å². The Morgan fingerprint density at radius 2 is 2.25 bits per heavy atom. The SMILES string of the molecule is CCSc1nnc(NC(=O)C=Cc2ccccc2F)s1. The molecule has 7 heteroatoms. The van der Waals surface area contributed by atoms with Crippen molar-refractivity contribution in [2.75, 3.05) is 11.1 Å². The zero-order valence-corrected chi connectivity index (χ0v) is 12.3. The molecule has 0 saturated carbocycles. The number of halogens is 1. The first-order chi connectivity index (χ1) is 9.69. The number of nitrogens with one attached hydrogen (secondary N) is 1. The smallest absolute Gasteiger partial charge is 0.250 e. The Balaban J connectivity index is 1.96. The van der Waals surface area contributed by atoms with Crippen LogP contribution in [0.3, 0.4) is 0 Å². The van der Waals surface area contributed by atoms with Gasteiger partial charge in [-0.05, 0) is 17.9 Å². The number of hydrogen-bond donors (Lipinski definition) is 1. The van der Waals surface area contributed by atoms with E-state index in [-0.39, 0.29) is 11.7 Å². The molecule has 1 heterocycles. The summed E-state index contributed by atoms with van der Waals surface area (Å²) in [6.07, 6.45) is 2.69. The predicted molar refractivity (Wildman–Crippen MR) is 80.4 cm³/mol. The molecule has 20 heavy (non-hydrogen) atoms. The number of anilines is 1. The highest BCUT2D eigenvalue weighted by molar-refractivity contribution is 8.01. The van der Waals surface area contributed by atoms with Crippen molar-refractivity contribution in [2.45, 2.75) is 11.3 Å². The van der Waals surface area contributed by atoms with Crippen LogP contribution in [0.1, 0.15) is 12.5 Å². The summed E-state index contributed by atoms with van der Waals surface area (Å²) in [7, 11) is 0. The Labute approximate surface area is 124 Å². The number of thioether (sulfide) groups is 1. The number of hydrogen-bond acceptors (Lipinski definition) is 5. The van der Waals surface area contributed by atoms with E-state index in [1.165, 1.54) is 29.6 Å². The van der Waals surface area contributed by atoms with E-state index in [2.05, 4.69) is 15.5 Å². The highest BCUT2D eigenvalue weighted by Gasteiger charge is 2.06. The molecule has 0 aliphatic rings. The van der Waals surface area contributed by atoms with E-state index in [1.807, 2.05) is 6.92 Å². The first-order valence-corrected chi connectivity index (χ1v) is 7.69. The van der Waals surface area contributed by atoms with Crippen molar-refractivity contribution in [3.05, 3.63) is 41.7 Å². The molecular formula is C13H12FN3OS2. The maximum absolute atomic E-state index is 13.3. The van der Waals surface area contributed by atoms with Crippen LogP contribution < -0.4 is 5.32 Å². The standard InChI is InChI=1S/C13H12FN3OS2/c1-2-19-13-17-16-12(20-13)15-11(18)8-7-9-5-3-4-6-10(9)14/h3-8H,2H2,1H3,(H,15,16,18). The van der Waals surface area contributed by atoms with E-state index in [9.17, 15) is 9.18 Å². The Kier molecular flexibility index (Phi) is 5.25. The lowest BCUT2D eigenvalue weighted by molar-refractivity contribution is -0.111. The second-order valence-electron chi connectivity index (χ2n) is 3.65. The first-order valence-electron chi connectivity index (χ1n) is 5.89. The highest BCUT2D eigenvalue weighted by Crippen LogP contribution is 2.24. The van der Waals surface area contributed by atoms with Gasteiger partial charge in [-0.1, -0.05) is 48.2 Å². The number of benzene rings is 1. The molecule has 0 unspecified atom stereocenters. The summed E-state index contributed by atoms with van der Waals surface area (Å²) in [4.78, 5) is 11.7. The zero-order chi connectivity index (χ0) is 14.4. The van der Waals surface area contributed by atoms with E-state index >= 15 is 0 Å². The summed E-state index contributed by atoms with van der Waals surface area (Å²) in [5.41, 5.74) is 0.363. The van der Waals surface area contributed by atoms with Crippen LogP contribution >= 0.6 is 23.1 Å². The second kappa shape index (κ2) is 7.16. The van der Waals surface area contributed by atoms with Gasteiger partial charge in [0.25, 0.3) is 0 Å². The molecule has 1 aromatic heterocycles. The Bertz CT molecular complexity index is 628. The quantitative estimate of drug-likeness (QED) is 0.522. The van der Waals surface area contributed by atoms with Crippen LogP contribution in [0.4, 0.5) is 9.52 Å². The van der Waals surface area contributed by atoms with Gasteiger partial charge in [-0.3, -0.25) is 10.1 Å². The lowest BCUT2D eigenvalue weighted by atomic mass is 10.2. The molecular weight excluding hydrogens is 297 g/mol. The van der Waals surface area contributed by atoms with E-state index in [0.29, 0.717) is 10.7 Å². The average molecular weight is 309 g/mol. The van der Waals surface area contributed by atoms with Crippen LogP contribution in [-0.2, 0) is 4.79 Å². The molecule has 1 amide bonds. The van der Waals surface area contributed by atoms with Gasteiger partial charge in [0.2, 0.25) is 11.0 Å². The number of nitrogens with zero attached hydrogens (tertiary/aromatic N) is 2. The molecule has 1 aromatic carbocycles. The summed E-state index contributed by atoms with van der Waals surface area (Å²) < 4.78 is 14.2. The fourth-order valence-electron chi connectivity index (χ4n) is 1.36.